The molecule has 0 aliphatic carbocycles. The molecule has 30 heavy (non-hydrogen) atoms. The quantitative estimate of drug-likeness (QED) is 0.399. The second-order valence-electron chi connectivity index (χ2n) is 7.45. The third kappa shape index (κ3) is 2.79. The molecule has 0 amide bonds. The van der Waals surface area contributed by atoms with Gasteiger partial charge in [-0.2, -0.15) is 0 Å². The van der Waals surface area contributed by atoms with Gasteiger partial charge < -0.3 is 8.98 Å². The summed E-state index contributed by atoms with van der Waals surface area (Å²) < 4.78 is 35.4. The van der Waals surface area contributed by atoms with E-state index in [4.69, 9.17) is 4.42 Å². The number of halogens is 2. The van der Waals surface area contributed by atoms with Gasteiger partial charge in [-0.05, 0) is 61.4 Å². The van der Waals surface area contributed by atoms with E-state index in [9.17, 15) is 13.6 Å². The maximum atomic E-state index is 14.4. The fraction of sp³-hybridized carbons (Fsp3) is 0.167. The third-order valence-electron chi connectivity index (χ3n) is 5.52. The SMILES string of the molecule is CCc1ccc2c(c1)c1c3ccc(C)nc3oc(=O)c1n2Cc1cc(F)ccc1F. The lowest BCUT2D eigenvalue weighted by Crippen LogP contribution is -2.10. The molecule has 0 radical (unpaired) electrons. The number of hydrogen-bond acceptors (Lipinski definition) is 3. The maximum Gasteiger partial charge on any atom is 0.362 e. The van der Waals surface area contributed by atoms with Gasteiger partial charge in [0.15, 0.2) is 0 Å². The van der Waals surface area contributed by atoms with Gasteiger partial charge in [0.1, 0.15) is 17.2 Å². The van der Waals surface area contributed by atoms with Crippen LogP contribution in [0.2, 0.25) is 0 Å². The Kier molecular flexibility index (Phi) is 4.17. The first-order chi connectivity index (χ1) is 14.5. The van der Waals surface area contributed by atoms with Crippen molar-refractivity contribution in [2.45, 2.75) is 26.8 Å². The van der Waals surface area contributed by atoms with Gasteiger partial charge in [0, 0.05) is 32.9 Å². The van der Waals surface area contributed by atoms with E-state index in [1.165, 1.54) is 0 Å². The summed E-state index contributed by atoms with van der Waals surface area (Å²) in [6, 6.07) is 13.0. The van der Waals surface area contributed by atoms with E-state index in [-0.39, 0.29) is 17.8 Å². The molecule has 0 spiro atoms. The van der Waals surface area contributed by atoms with Crippen LogP contribution in [-0.4, -0.2) is 9.55 Å². The molecular weight excluding hydrogens is 386 g/mol. The highest BCUT2D eigenvalue weighted by molar-refractivity contribution is 6.18. The topological polar surface area (TPSA) is 48.0 Å². The first-order valence-corrected chi connectivity index (χ1v) is 9.75. The van der Waals surface area contributed by atoms with Crippen molar-refractivity contribution >= 4 is 32.9 Å². The highest BCUT2D eigenvalue weighted by Gasteiger charge is 2.20. The Hall–Kier alpha value is -3.54. The highest BCUT2D eigenvalue weighted by atomic mass is 19.1. The van der Waals surface area contributed by atoms with Crippen molar-refractivity contribution in [3.05, 3.63) is 87.4 Å². The van der Waals surface area contributed by atoms with Gasteiger partial charge in [-0.25, -0.2) is 18.6 Å². The second kappa shape index (κ2) is 6.76. The van der Waals surface area contributed by atoms with Crippen LogP contribution in [-0.2, 0) is 13.0 Å². The van der Waals surface area contributed by atoms with Crippen LogP contribution in [0.5, 0.6) is 0 Å². The summed E-state index contributed by atoms with van der Waals surface area (Å²) in [6.07, 6.45) is 0.831. The molecule has 0 atom stereocenters. The van der Waals surface area contributed by atoms with Crippen LogP contribution in [0.1, 0.15) is 23.7 Å². The van der Waals surface area contributed by atoms with E-state index in [0.29, 0.717) is 10.9 Å². The second-order valence-corrected chi connectivity index (χ2v) is 7.45. The molecule has 0 aliphatic heterocycles. The summed E-state index contributed by atoms with van der Waals surface area (Å²) in [5.41, 5.74) is 2.80. The van der Waals surface area contributed by atoms with Gasteiger partial charge in [0.25, 0.3) is 0 Å². The lowest BCUT2D eigenvalue weighted by molar-refractivity contribution is 0.550. The smallest absolute Gasteiger partial charge is 0.362 e. The Bertz CT molecular complexity index is 1520. The molecule has 5 rings (SSSR count). The molecule has 0 bridgehead atoms. The molecule has 0 unspecified atom stereocenters. The molecule has 3 aromatic heterocycles. The number of rotatable bonds is 3. The number of aryl methyl sites for hydroxylation is 2. The predicted molar refractivity (Wildman–Crippen MR) is 113 cm³/mol. The van der Waals surface area contributed by atoms with E-state index < -0.39 is 17.3 Å². The fourth-order valence-corrected chi connectivity index (χ4v) is 4.04. The highest BCUT2D eigenvalue weighted by Crippen LogP contribution is 2.34. The molecule has 4 nitrogen and oxygen atoms in total. The zero-order valence-electron chi connectivity index (χ0n) is 16.5. The number of hydrogen-bond donors (Lipinski definition) is 0. The molecule has 5 aromatic rings. The van der Waals surface area contributed by atoms with Crippen LogP contribution in [0.25, 0.3) is 32.9 Å². The van der Waals surface area contributed by atoms with E-state index in [1.807, 2.05) is 37.3 Å². The number of benzene rings is 2. The minimum atomic E-state index is -0.554. The lowest BCUT2D eigenvalue weighted by atomic mass is 10.1. The number of aromatic nitrogens is 2. The fourth-order valence-electron chi connectivity index (χ4n) is 4.04. The third-order valence-corrected chi connectivity index (χ3v) is 5.52. The van der Waals surface area contributed by atoms with E-state index in [1.54, 1.807) is 4.57 Å². The number of pyridine rings is 1. The summed E-state index contributed by atoms with van der Waals surface area (Å²) in [7, 11) is 0. The Morgan fingerprint density at radius 2 is 1.87 bits per heavy atom. The van der Waals surface area contributed by atoms with Crippen LogP contribution in [0.3, 0.4) is 0 Å². The predicted octanol–water partition coefficient (Wildman–Crippen LogP) is 5.49. The summed E-state index contributed by atoms with van der Waals surface area (Å²) in [6.45, 7) is 3.89. The van der Waals surface area contributed by atoms with Crippen molar-refractivity contribution in [2.24, 2.45) is 0 Å². The molecule has 150 valence electrons. The molecular formula is C24H18F2N2O2. The molecule has 6 heteroatoms. The first-order valence-electron chi connectivity index (χ1n) is 9.75. The Labute approximate surface area is 170 Å². The standard InChI is InChI=1S/C24H18F2N2O2/c1-3-14-5-9-20-18(10-14)21-17-7-4-13(2)27-23(17)30-24(29)22(21)28(20)12-15-11-16(25)6-8-19(15)26/h4-11H,3,12H2,1-2H3. The molecule has 0 aliphatic rings. The molecule has 2 aromatic carbocycles. The summed E-state index contributed by atoms with van der Waals surface area (Å²) in [5, 5.41) is 2.30. The summed E-state index contributed by atoms with van der Waals surface area (Å²) in [4.78, 5) is 17.4. The van der Waals surface area contributed by atoms with Gasteiger partial charge in [0.2, 0.25) is 5.71 Å². The van der Waals surface area contributed by atoms with Gasteiger partial charge in [0.05, 0.1) is 6.54 Å². The van der Waals surface area contributed by atoms with Crippen LogP contribution in [0.4, 0.5) is 8.78 Å². The van der Waals surface area contributed by atoms with Crippen molar-refractivity contribution in [2.75, 3.05) is 0 Å². The molecule has 3 heterocycles. The average molecular weight is 404 g/mol. The number of nitrogens with zero attached hydrogens (tertiary/aromatic N) is 2. The minimum Gasteiger partial charge on any atom is -0.402 e. The van der Waals surface area contributed by atoms with Crippen LogP contribution in [0.15, 0.2) is 57.7 Å². The Morgan fingerprint density at radius 1 is 1.03 bits per heavy atom. The largest absolute Gasteiger partial charge is 0.402 e. The Morgan fingerprint density at radius 3 is 2.67 bits per heavy atom. The van der Waals surface area contributed by atoms with Crippen molar-refractivity contribution in [1.29, 1.82) is 0 Å². The minimum absolute atomic E-state index is 0.00458. The van der Waals surface area contributed by atoms with Crippen LogP contribution in [0, 0.1) is 18.6 Å². The van der Waals surface area contributed by atoms with Crippen molar-refractivity contribution in [3.63, 3.8) is 0 Å². The van der Waals surface area contributed by atoms with Crippen molar-refractivity contribution < 1.29 is 13.2 Å². The molecule has 0 saturated heterocycles. The summed E-state index contributed by atoms with van der Waals surface area (Å²) in [5.74, 6) is -1.06. The van der Waals surface area contributed by atoms with Gasteiger partial charge in [-0.3, -0.25) is 0 Å². The first kappa shape index (κ1) is 18.5. The van der Waals surface area contributed by atoms with Crippen molar-refractivity contribution in [3.8, 4) is 0 Å². The van der Waals surface area contributed by atoms with E-state index in [2.05, 4.69) is 11.9 Å². The number of fused-ring (bicyclic) bond motifs is 5. The molecule has 0 fully saturated rings. The zero-order chi connectivity index (χ0) is 21.0. The molecule has 0 saturated carbocycles. The normalized spacial score (nSPS) is 11.7. The lowest BCUT2D eigenvalue weighted by Gasteiger charge is -2.09. The van der Waals surface area contributed by atoms with E-state index in [0.717, 1.165) is 52.2 Å². The van der Waals surface area contributed by atoms with Gasteiger partial charge in [-0.15, -0.1) is 0 Å². The van der Waals surface area contributed by atoms with Crippen LogP contribution >= 0.6 is 0 Å². The zero-order valence-corrected chi connectivity index (χ0v) is 16.5. The van der Waals surface area contributed by atoms with Crippen LogP contribution < -0.4 is 5.63 Å². The van der Waals surface area contributed by atoms with Crippen molar-refractivity contribution in [1.82, 2.24) is 9.55 Å². The average Bonchev–Trinajstić information content (AvgIpc) is 3.05. The van der Waals surface area contributed by atoms with E-state index >= 15 is 0 Å². The molecule has 0 N–H and O–H groups in total. The monoisotopic (exact) mass is 404 g/mol. The Balaban J connectivity index is 1.93. The maximum absolute atomic E-state index is 14.4. The van der Waals surface area contributed by atoms with Gasteiger partial charge >= 0.3 is 5.63 Å². The van der Waals surface area contributed by atoms with Gasteiger partial charge in [-0.1, -0.05) is 13.0 Å². The summed E-state index contributed by atoms with van der Waals surface area (Å²) >= 11 is 0.